The van der Waals surface area contributed by atoms with Crippen LogP contribution in [0.1, 0.15) is 40.5 Å². The SMILES string of the molecule is CC#CCCC1(O)CN(C(=O)OC(C)(C)C)C1. The summed E-state index contributed by atoms with van der Waals surface area (Å²) < 4.78 is 5.21. The minimum atomic E-state index is -0.777. The molecule has 0 aromatic rings. The fraction of sp³-hybridized carbons (Fsp3) is 0.769. The molecule has 0 aromatic heterocycles. The van der Waals surface area contributed by atoms with E-state index in [2.05, 4.69) is 11.8 Å². The van der Waals surface area contributed by atoms with E-state index in [0.717, 1.165) is 0 Å². The number of amides is 1. The standard InChI is InChI=1S/C13H21NO3/c1-5-6-7-8-13(16)9-14(10-13)11(15)17-12(2,3)4/h16H,7-10H2,1-4H3. The lowest BCUT2D eigenvalue weighted by molar-refractivity contribution is -0.101. The minimum absolute atomic E-state index is 0.341. The van der Waals surface area contributed by atoms with E-state index in [4.69, 9.17) is 4.74 Å². The summed E-state index contributed by atoms with van der Waals surface area (Å²) in [5, 5.41) is 10.0. The number of aliphatic hydroxyl groups is 1. The molecule has 1 fully saturated rings. The van der Waals surface area contributed by atoms with Crippen LogP contribution in [0.3, 0.4) is 0 Å². The van der Waals surface area contributed by atoms with Gasteiger partial charge >= 0.3 is 6.09 Å². The molecule has 1 amide bonds. The van der Waals surface area contributed by atoms with Crippen molar-refractivity contribution in [1.29, 1.82) is 0 Å². The summed E-state index contributed by atoms with van der Waals surface area (Å²) in [7, 11) is 0. The molecule has 1 heterocycles. The summed E-state index contributed by atoms with van der Waals surface area (Å²) in [4.78, 5) is 13.1. The summed E-state index contributed by atoms with van der Waals surface area (Å²) in [6, 6.07) is 0. The molecule has 1 rings (SSSR count). The highest BCUT2D eigenvalue weighted by molar-refractivity contribution is 5.69. The van der Waals surface area contributed by atoms with E-state index in [1.54, 1.807) is 6.92 Å². The number of hydrogen-bond donors (Lipinski definition) is 1. The van der Waals surface area contributed by atoms with Crippen LogP contribution in [-0.2, 0) is 4.74 Å². The van der Waals surface area contributed by atoms with Gasteiger partial charge in [-0.25, -0.2) is 4.79 Å². The minimum Gasteiger partial charge on any atom is -0.444 e. The average Bonchev–Trinajstić information content (AvgIpc) is 2.11. The first-order valence-electron chi connectivity index (χ1n) is 5.86. The van der Waals surface area contributed by atoms with Gasteiger partial charge in [-0.05, 0) is 34.1 Å². The zero-order valence-electron chi connectivity index (χ0n) is 11.0. The Labute approximate surface area is 103 Å². The Morgan fingerprint density at radius 3 is 2.53 bits per heavy atom. The van der Waals surface area contributed by atoms with E-state index < -0.39 is 11.2 Å². The Hall–Kier alpha value is -1.21. The number of likely N-dealkylation sites (tertiary alicyclic amines) is 1. The van der Waals surface area contributed by atoms with E-state index in [9.17, 15) is 9.90 Å². The molecular formula is C13H21NO3. The highest BCUT2D eigenvalue weighted by Gasteiger charge is 2.44. The lowest BCUT2D eigenvalue weighted by Gasteiger charge is -2.46. The predicted octanol–water partition coefficient (Wildman–Crippen LogP) is 1.77. The third kappa shape index (κ3) is 4.27. The molecule has 0 atom stereocenters. The molecule has 1 N–H and O–H groups in total. The Balaban J connectivity index is 2.34. The second-order valence-electron chi connectivity index (χ2n) is 5.49. The zero-order valence-corrected chi connectivity index (χ0v) is 11.0. The van der Waals surface area contributed by atoms with Crippen molar-refractivity contribution in [2.75, 3.05) is 13.1 Å². The van der Waals surface area contributed by atoms with Gasteiger partial charge in [-0.15, -0.1) is 11.8 Å². The monoisotopic (exact) mass is 239 g/mol. The van der Waals surface area contributed by atoms with Gasteiger partial charge in [0, 0.05) is 6.42 Å². The smallest absolute Gasteiger partial charge is 0.410 e. The molecule has 0 aromatic carbocycles. The Kier molecular flexibility index (Phi) is 4.05. The molecule has 1 aliphatic rings. The van der Waals surface area contributed by atoms with Gasteiger partial charge in [0.2, 0.25) is 0 Å². The maximum Gasteiger partial charge on any atom is 0.410 e. The summed E-state index contributed by atoms with van der Waals surface area (Å²) in [6.45, 7) is 7.94. The molecule has 0 saturated carbocycles. The van der Waals surface area contributed by atoms with Gasteiger partial charge in [-0.2, -0.15) is 0 Å². The molecule has 17 heavy (non-hydrogen) atoms. The molecule has 4 nitrogen and oxygen atoms in total. The van der Waals surface area contributed by atoms with E-state index in [0.29, 0.717) is 25.9 Å². The molecule has 0 bridgehead atoms. The largest absolute Gasteiger partial charge is 0.444 e. The fourth-order valence-electron chi connectivity index (χ4n) is 1.70. The highest BCUT2D eigenvalue weighted by atomic mass is 16.6. The fourth-order valence-corrected chi connectivity index (χ4v) is 1.70. The number of nitrogens with zero attached hydrogens (tertiary/aromatic N) is 1. The van der Waals surface area contributed by atoms with Gasteiger partial charge in [0.25, 0.3) is 0 Å². The maximum absolute atomic E-state index is 11.6. The summed E-state index contributed by atoms with van der Waals surface area (Å²) >= 11 is 0. The summed E-state index contributed by atoms with van der Waals surface area (Å²) in [5.74, 6) is 5.70. The van der Waals surface area contributed by atoms with Crippen molar-refractivity contribution in [3.05, 3.63) is 0 Å². The first-order chi connectivity index (χ1) is 7.76. The number of rotatable bonds is 2. The number of ether oxygens (including phenoxy) is 1. The normalized spacial score (nSPS) is 17.8. The van der Waals surface area contributed by atoms with Crippen LogP contribution >= 0.6 is 0 Å². The average molecular weight is 239 g/mol. The van der Waals surface area contributed by atoms with Gasteiger partial charge < -0.3 is 14.7 Å². The number of hydrogen-bond acceptors (Lipinski definition) is 3. The molecule has 1 saturated heterocycles. The molecule has 0 unspecified atom stereocenters. The molecular weight excluding hydrogens is 218 g/mol. The van der Waals surface area contributed by atoms with Crippen LogP contribution in [0.2, 0.25) is 0 Å². The highest BCUT2D eigenvalue weighted by Crippen LogP contribution is 2.27. The first kappa shape index (κ1) is 13.9. The van der Waals surface area contributed by atoms with Crippen LogP contribution < -0.4 is 0 Å². The molecule has 4 heteroatoms. The zero-order chi connectivity index (χ0) is 13.1. The molecule has 1 aliphatic heterocycles. The third-order valence-corrected chi connectivity index (χ3v) is 2.51. The quantitative estimate of drug-likeness (QED) is 0.747. The van der Waals surface area contributed by atoms with Gasteiger partial charge in [0.15, 0.2) is 0 Å². The predicted molar refractivity (Wildman–Crippen MR) is 65.4 cm³/mol. The molecule has 0 aliphatic carbocycles. The van der Waals surface area contributed by atoms with Gasteiger partial charge in [-0.1, -0.05) is 0 Å². The Morgan fingerprint density at radius 2 is 2.06 bits per heavy atom. The van der Waals surface area contributed by atoms with E-state index >= 15 is 0 Å². The second-order valence-corrected chi connectivity index (χ2v) is 5.49. The van der Waals surface area contributed by atoms with E-state index in [1.165, 1.54) is 4.90 Å². The topological polar surface area (TPSA) is 49.8 Å². The van der Waals surface area contributed by atoms with Crippen LogP contribution in [-0.4, -0.2) is 40.4 Å². The number of carbonyl (C=O) groups excluding carboxylic acids is 1. The van der Waals surface area contributed by atoms with Crippen LogP contribution in [0.5, 0.6) is 0 Å². The van der Waals surface area contributed by atoms with Crippen LogP contribution in [0.25, 0.3) is 0 Å². The Morgan fingerprint density at radius 1 is 1.47 bits per heavy atom. The Bertz CT molecular complexity index is 340. The molecule has 0 radical (unpaired) electrons. The van der Waals surface area contributed by atoms with Gasteiger partial charge in [-0.3, -0.25) is 0 Å². The summed E-state index contributed by atoms with van der Waals surface area (Å²) in [6.07, 6.45) is 0.909. The lowest BCUT2D eigenvalue weighted by Crippen LogP contribution is -2.63. The van der Waals surface area contributed by atoms with Crippen LogP contribution in [0, 0.1) is 11.8 Å². The van der Waals surface area contributed by atoms with Crippen molar-refractivity contribution in [2.24, 2.45) is 0 Å². The van der Waals surface area contributed by atoms with Gasteiger partial charge in [0.1, 0.15) is 11.2 Å². The molecule has 96 valence electrons. The van der Waals surface area contributed by atoms with Crippen LogP contribution in [0.15, 0.2) is 0 Å². The molecule has 0 spiro atoms. The van der Waals surface area contributed by atoms with Crippen molar-refractivity contribution in [2.45, 2.75) is 51.7 Å². The van der Waals surface area contributed by atoms with Crippen molar-refractivity contribution in [3.8, 4) is 11.8 Å². The lowest BCUT2D eigenvalue weighted by atomic mass is 9.89. The van der Waals surface area contributed by atoms with E-state index in [-0.39, 0.29) is 6.09 Å². The second kappa shape index (κ2) is 4.97. The number of carbonyl (C=O) groups is 1. The van der Waals surface area contributed by atoms with Crippen molar-refractivity contribution < 1.29 is 14.6 Å². The van der Waals surface area contributed by atoms with E-state index in [1.807, 2.05) is 20.8 Å². The first-order valence-corrected chi connectivity index (χ1v) is 5.86. The van der Waals surface area contributed by atoms with Crippen molar-refractivity contribution in [1.82, 2.24) is 4.90 Å². The van der Waals surface area contributed by atoms with Crippen molar-refractivity contribution >= 4 is 6.09 Å². The summed E-state index contributed by atoms with van der Waals surface area (Å²) in [5.41, 5.74) is -1.26. The third-order valence-electron chi connectivity index (χ3n) is 2.51. The van der Waals surface area contributed by atoms with Gasteiger partial charge in [0.05, 0.1) is 13.1 Å². The van der Waals surface area contributed by atoms with Crippen LogP contribution in [0.4, 0.5) is 4.79 Å². The van der Waals surface area contributed by atoms with Crippen molar-refractivity contribution in [3.63, 3.8) is 0 Å². The maximum atomic E-state index is 11.6. The number of β-amino-alcohol motifs (C(OH)–C–C–N with tert-alkyl or cyclic N) is 1.